The molecular weight excluding hydrogens is 584 g/mol. The normalized spacial score (nSPS) is 16.5. The van der Waals surface area contributed by atoms with E-state index in [1.54, 1.807) is 26.2 Å². The lowest BCUT2D eigenvalue weighted by Crippen LogP contribution is -2.46. The summed E-state index contributed by atoms with van der Waals surface area (Å²) in [6.07, 6.45) is 4.24. The molecule has 0 bridgehead atoms. The zero-order chi connectivity index (χ0) is 31.4. The van der Waals surface area contributed by atoms with E-state index in [9.17, 15) is 9.59 Å². The highest BCUT2D eigenvalue weighted by molar-refractivity contribution is 6.34. The smallest absolute Gasteiger partial charge is 0.256 e. The second-order valence-corrected chi connectivity index (χ2v) is 11.1. The third kappa shape index (κ3) is 6.76. The number of piperazine rings is 1. The summed E-state index contributed by atoms with van der Waals surface area (Å²) in [5.74, 6) is 0.390. The topological polar surface area (TPSA) is 168 Å². The Bertz CT molecular complexity index is 1590. The second kappa shape index (κ2) is 13.3. The van der Waals surface area contributed by atoms with Crippen LogP contribution in [0.15, 0.2) is 41.8 Å². The number of nitrogens with zero attached hydrogens (tertiary/aromatic N) is 8. The van der Waals surface area contributed by atoms with Crippen molar-refractivity contribution in [2.24, 2.45) is 5.10 Å². The van der Waals surface area contributed by atoms with Gasteiger partial charge in [-0.1, -0.05) is 17.7 Å². The van der Waals surface area contributed by atoms with E-state index in [1.165, 1.54) is 17.3 Å². The highest BCUT2D eigenvalue weighted by atomic mass is 35.5. The van der Waals surface area contributed by atoms with E-state index in [-0.39, 0.29) is 41.2 Å². The van der Waals surface area contributed by atoms with Crippen LogP contribution in [0.25, 0.3) is 11.3 Å². The fraction of sp³-hybridized carbons (Fsp3) is 0.379. The Balaban J connectivity index is 1.26. The molecule has 0 spiro atoms. The van der Waals surface area contributed by atoms with Gasteiger partial charge in [0.1, 0.15) is 17.7 Å². The molecule has 14 nitrogen and oxygen atoms in total. The van der Waals surface area contributed by atoms with Crippen molar-refractivity contribution in [3.05, 3.63) is 58.6 Å². The average Bonchev–Trinajstić information content (AvgIpc) is 3.36. The van der Waals surface area contributed by atoms with E-state index in [4.69, 9.17) is 22.0 Å². The van der Waals surface area contributed by atoms with Gasteiger partial charge in [0, 0.05) is 45.0 Å². The molecule has 0 aliphatic carbocycles. The van der Waals surface area contributed by atoms with Crippen molar-refractivity contribution in [1.29, 1.82) is 5.41 Å². The maximum atomic E-state index is 13.5. The third-order valence-electron chi connectivity index (χ3n) is 7.60. The van der Waals surface area contributed by atoms with Crippen LogP contribution in [0.5, 0.6) is 0 Å². The van der Waals surface area contributed by atoms with Crippen molar-refractivity contribution in [3.63, 3.8) is 0 Å². The zero-order valence-electron chi connectivity index (χ0n) is 25.0. The van der Waals surface area contributed by atoms with Crippen LogP contribution in [0.1, 0.15) is 41.6 Å². The monoisotopic (exact) mass is 618 g/mol. The van der Waals surface area contributed by atoms with Gasteiger partial charge in [-0.3, -0.25) is 20.0 Å². The van der Waals surface area contributed by atoms with Crippen LogP contribution in [-0.2, 0) is 11.3 Å². The number of hydrazone groups is 1. The Kier molecular flexibility index (Phi) is 9.30. The van der Waals surface area contributed by atoms with Gasteiger partial charge in [-0.05, 0) is 39.1 Å². The van der Waals surface area contributed by atoms with Gasteiger partial charge in [-0.15, -0.1) is 0 Å². The lowest BCUT2D eigenvalue weighted by atomic mass is 10.1. The van der Waals surface area contributed by atoms with Crippen LogP contribution >= 0.6 is 11.6 Å². The quantitative estimate of drug-likeness (QED) is 0.158. The maximum absolute atomic E-state index is 13.5. The number of amidine groups is 1. The van der Waals surface area contributed by atoms with Crippen LogP contribution in [0, 0.1) is 5.41 Å². The molecule has 2 aliphatic rings. The Labute approximate surface area is 260 Å². The lowest BCUT2D eigenvalue weighted by Gasteiger charge is -2.33. The van der Waals surface area contributed by atoms with Crippen molar-refractivity contribution < 1.29 is 9.59 Å². The highest BCUT2D eigenvalue weighted by Crippen LogP contribution is 2.31. The summed E-state index contributed by atoms with van der Waals surface area (Å²) in [5, 5.41) is 17.7. The van der Waals surface area contributed by atoms with Crippen molar-refractivity contribution in [3.8, 4) is 11.3 Å². The number of pyridine rings is 2. The number of nitrogens with one attached hydrogen (secondary N) is 4. The molecular formula is C29H35ClN12O2. The first-order valence-electron chi connectivity index (χ1n) is 14.2. The van der Waals surface area contributed by atoms with Crippen LogP contribution in [0.2, 0.25) is 5.02 Å². The fourth-order valence-electron chi connectivity index (χ4n) is 4.99. The second-order valence-electron chi connectivity index (χ2n) is 10.7. The van der Waals surface area contributed by atoms with Crippen molar-refractivity contribution in [2.45, 2.75) is 32.5 Å². The molecule has 1 saturated heterocycles. The molecule has 0 unspecified atom stereocenters. The van der Waals surface area contributed by atoms with Gasteiger partial charge in [0.25, 0.3) is 5.91 Å². The van der Waals surface area contributed by atoms with E-state index >= 15 is 0 Å². The molecule has 3 aromatic heterocycles. The van der Waals surface area contributed by atoms with Crippen LogP contribution in [0.4, 0.5) is 11.8 Å². The molecule has 2 aliphatic heterocycles. The van der Waals surface area contributed by atoms with Crippen molar-refractivity contribution in [2.75, 3.05) is 50.5 Å². The van der Waals surface area contributed by atoms with Crippen LogP contribution in [-0.4, -0.2) is 99.9 Å². The minimum Gasteiger partial charge on any atom is -0.354 e. The number of hydrogen-bond donors (Lipinski definition) is 4. The fourth-order valence-corrected chi connectivity index (χ4v) is 5.19. The lowest BCUT2D eigenvalue weighted by molar-refractivity contribution is -0.125. The number of rotatable bonds is 9. The van der Waals surface area contributed by atoms with Crippen LogP contribution in [0.3, 0.4) is 0 Å². The molecule has 0 saturated carbocycles. The number of amides is 2. The molecule has 44 heavy (non-hydrogen) atoms. The summed E-state index contributed by atoms with van der Waals surface area (Å²) in [5.41, 5.74) is 5.09. The maximum Gasteiger partial charge on any atom is 0.256 e. The predicted octanol–water partition coefficient (Wildman–Crippen LogP) is 2.15. The summed E-state index contributed by atoms with van der Waals surface area (Å²) in [6, 6.07) is 6.41. The Hall–Kier alpha value is -4.69. The number of hydrogen-bond acceptors (Lipinski definition) is 11. The standard InChI is InChI=1S/C29H35ClN12O2/c1-17(22-6-5-7-25(37-22)41-10-8-40(4)9-11-41)36-27(43)18(2)42-16-23-20(28(42)44)12-19(13-33-23)26-21(30)14-34-29(39-26)38-24(31)15-35-32-3/h5-7,12-15,17-18,32H,8-11,16H2,1-4H3,(H,36,43)(H2,31,34,38,39)/b35-15-/t17-,18-/m1/s1. The molecule has 230 valence electrons. The van der Waals surface area contributed by atoms with Gasteiger partial charge in [-0.25, -0.2) is 15.0 Å². The summed E-state index contributed by atoms with van der Waals surface area (Å²) < 4.78 is 0. The number of halogens is 1. The Morgan fingerprint density at radius 2 is 1.91 bits per heavy atom. The molecule has 3 aromatic rings. The van der Waals surface area contributed by atoms with Gasteiger partial charge in [0.05, 0.1) is 52.7 Å². The largest absolute Gasteiger partial charge is 0.354 e. The minimum absolute atomic E-state index is 0.0365. The van der Waals surface area contributed by atoms with Gasteiger partial charge in [0.2, 0.25) is 11.9 Å². The first kappa shape index (κ1) is 30.8. The zero-order valence-corrected chi connectivity index (χ0v) is 25.8. The summed E-state index contributed by atoms with van der Waals surface area (Å²) in [6.45, 7) is 7.53. The summed E-state index contributed by atoms with van der Waals surface area (Å²) >= 11 is 6.39. The number of fused-ring (bicyclic) bond motifs is 1. The number of likely N-dealkylation sites (N-methyl/N-ethyl adjacent to an activating group) is 1. The number of anilines is 2. The van der Waals surface area contributed by atoms with E-state index < -0.39 is 6.04 Å². The molecule has 5 rings (SSSR count). The molecule has 0 aromatic carbocycles. The average molecular weight is 619 g/mol. The van der Waals surface area contributed by atoms with Gasteiger partial charge < -0.3 is 30.8 Å². The van der Waals surface area contributed by atoms with E-state index in [0.29, 0.717) is 22.5 Å². The summed E-state index contributed by atoms with van der Waals surface area (Å²) in [7, 11) is 3.72. The molecule has 15 heteroatoms. The number of aromatic nitrogens is 4. The predicted molar refractivity (Wildman–Crippen MR) is 169 cm³/mol. The van der Waals surface area contributed by atoms with Gasteiger partial charge >= 0.3 is 0 Å². The molecule has 1 fully saturated rings. The van der Waals surface area contributed by atoms with E-state index in [0.717, 1.165) is 37.7 Å². The third-order valence-corrected chi connectivity index (χ3v) is 7.88. The first-order chi connectivity index (χ1) is 21.1. The van der Waals surface area contributed by atoms with Crippen LogP contribution < -0.4 is 21.0 Å². The highest BCUT2D eigenvalue weighted by Gasteiger charge is 2.36. The first-order valence-corrected chi connectivity index (χ1v) is 14.6. The van der Waals surface area contributed by atoms with Gasteiger partial charge in [0.15, 0.2) is 0 Å². The minimum atomic E-state index is -0.743. The Morgan fingerprint density at radius 1 is 1.14 bits per heavy atom. The summed E-state index contributed by atoms with van der Waals surface area (Å²) in [4.78, 5) is 50.6. The SMILES string of the molecule is CN/N=C\C(=N)Nc1ncc(Cl)c(-c2cnc3c(c2)C(=O)N([C@H](C)C(=O)N[C@H](C)c2cccc(N4CCN(C)CC4)n2)C3)n1. The van der Waals surface area contributed by atoms with E-state index in [1.807, 2.05) is 25.1 Å². The molecule has 2 atom stereocenters. The Morgan fingerprint density at radius 3 is 2.66 bits per heavy atom. The number of carbonyl (C=O) groups excluding carboxylic acids is 2. The molecule has 2 amide bonds. The molecule has 5 heterocycles. The van der Waals surface area contributed by atoms with Crippen molar-refractivity contribution >= 4 is 47.2 Å². The molecule has 0 radical (unpaired) electrons. The van der Waals surface area contributed by atoms with Crippen molar-refractivity contribution in [1.82, 2.24) is 40.5 Å². The van der Waals surface area contributed by atoms with E-state index in [2.05, 4.69) is 53.0 Å². The van der Waals surface area contributed by atoms with Gasteiger partial charge in [-0.2, -0.15) is 5.10 Å². The molecule has 4 N–H and O–H groups in total. The number of carbonyl (C=O) groups is 2.